The molecule has 1 saturated heterocycles. The second-order valence-electron chi connectivity index (χ2n) is 4.44. The number of nitrogens with zero attached hydrogens (tertiary/aromatic N) is 2. The molecule has 1 aliphatic heterocycles. The lowest BCUT2D eigenvalue weighted by Gasteiger charge is -2.29. The Hall–Kier alpha value is -0.960. The first-order valence-electron chi connectivity index (χ1n) is 5.79. The molecule has 1 fully saturated rings. The third kappa shape index (κ3) is 3.29. The molecule has 7 nitrogen and oxygen atoms in total. The van der Waals surface area contributed by atoms with Gasteiger partial charge in [-0.05, 0) is 14.0 Å². The van der Waals surface area contributed by atoms with Crippen LogP contribution in [0.3, 0.4) is 0 Å². The molecule has 18 heavy (non-hydrogen) atoms. The number of sulfonamides is 1. The van der Waals surface area contributed by atoms with Crippen LogP contribution in [0.1, 0.15) is 5.82 Å². The number of ether oxygens (including phenoxy) is 1. The van der Waals surface area contributed by atoms with Crippen molar-refractivity contribution >= 4 is 10.0 Å². The number of morpholine rings is 1. The molecule has 0 aromatic carbocycles. The van der Waals surface area contributed by atoms with Gasteiger partial charge in [0.05, 0.1) is 18.9 Å². The van der Waals surface area contributed by atoms with Crippen LogP contribution in [0.4, 0.5) is 0 Å². The molecule has 102 valence electrons. The van der Waals surface area contributed by atoms with Crippen LogP contribution >= 0.6 is 0 Å². The van der Waals surface area contributed by atoms with Crippen molar-refractivity contribution in [2.24, 2.45) is 0 Å². The first-order valence-corrected chi connectivity index (χ1v) is 7.27. The van der Waals surface area contributed by atoms with E-state index in [4.69, 9.17) is 4.74 Å². The van der Waals surface area contributed by atoms with E-state index >= 15 is 0 Å². The van der Waals surface area contributed by atoms with Crippen LogP contribution < -0.4 is 4.72 Å². The molecule has 0 aliphatic carbocycles. The third-order valence-corrected chi connectivity index (χ3v) is 4.15. The summed E-state index contributed by atoms with van der Waals surface area (Å²) in [6, 6.07) is 0. The van der Waals surface area contributed by atoms with Crippen LogP contribution in [-0.4, -0.2) is 62.7 Å². The summed E-state index contributed by atoms with van der Waals surface area (Å²) in [5.41, 5.74) is 0. The molecular formula is C10H18N4O3S. The van der Waals surface area contributed by atoms with Crippen LogP contribution in [0.25, 0.3) is 0 Å². The first kappa shape index (κ1) is 13.5. The Kier molecular flexibility index (Phi) is 4.00. The maximum Gasteiger partial charge on any atom is 0.257 e. The average molecular weight is 274 g/mol. The highest BCUT2D eigenvalue weighted by Crippen LogP contribution is 2.06. The van der Waals surface area contributed by atoms with E-state index in [0.29, 0.717) is 12.4 Å². The van der Waals surface area contributed by atoms with Gasteiger partial charge in [0.2, 0.25) is 0 Å². The van der Waals surface area contributed by atoms with Gasteiger partial charge in [0, 0.05) is 19.6 Å². The Morgan fingerprint density at radius 2 is 2.44 bits per heavy atom. The maximum atomic E-state index is 11.9. The first-order chi connectivity index (χ1) is 8.47. The van der Waals surface area contributed by atoms with E-state index < -0.39 is 10.0 Å². The van der Waals surface area contributed by atoms with E-state index in [1.807, 2.05) is 7.05 Å². The molecule has 0 bridgehead atoms. The summed E-state index contributed by atoms with van der Waals surface area (Å²) in [7, 11) is -1.53. The molecule has 1 aliphatic rings. The van der Waals surface area contributed by atoms with Crippen molar-refractivity contribution in [3.8, 4) is 0 Å². The van der Waals surface area contributed by atoms with Crippen molar-refractivity contribution in [2.45, 2.75) is 18.1 Å². The summed E-state index contributed by atoms with van der Waals surface area (Å²) in [5, 5.41) is 0.0872. The van der Waals surface area contributed by atoms with Crippen molar-refractivity contribution in [3.63, 3.8) is 0 Å². The quantitative estimate of drug-likeness (QED) is 0.760. The Morgan fingerprint density at radius 3 is 3.06 bits per heavy atom. The zero-order valence-electron chi connectivity index (χ0n) is 10.5. The summed E-state index contributed by atoms with van der Waals surface area (Å²) < 4.78 is 31.9. The Morgan fingerprint density at radius 1 is 1.67 bits per heavy atom. The van der Waals surface area contributed by atoms with Crippen molar-refractivity contribution in [1.29, 1.82) is 0 Å². The highest BCUT2D eigenvalue weighted by atomic mass is 32.2. The molecular weight excluding hydrogens is 256 g/mol. The smallest absolute Gasteiger partial charge is 0.257 e. The largest absolute Gasteiger partial charge is 0.374 e. The van der Waals surface area contributed by atoms with Gasteiger partial charge in [-0.15, -0.1) is 0 Å². The van der Waals surface area contributed by atoms with Crippen LogP contribution in [-0.2, 0) is 14.8 Å². The number of H-pyrrole nitrogens is 1. The number of hydrogen-bond donors (Lipinski definition) is 2. The van der Waals surface area contributed by atoms with Gasteiger partial charge in [-0.25, -0.2) is 18.1 Å². The van der Waals surface area contributed by atoms with Gasteiger partial charge >= 0.3 is 0 Å². The summed E-state index contributed by atoms with van der Waals surface area (Å²) in [6.07, 6.45) is 1.20. The van der Waals surface area contributed by atoms with Gasteiger partial charge in [-0.3, -0.25) is 0 Å². The minimum Gasteiger partial charge on any atom is -0.374 e. The Bertz CT molecular complexity index is 499. The molecule has 0 saturated carbocycles. The van der Waals surface area contributed by atoms with Crippen LogP contribution in [0, 0.1) is 6.92 Å². The molecule has 2 rings (SSSR count). The number of hydrogen-bond acceptors (Lipinski definition) is 5. The molecule has 2 N–H and O–H groups in total. The lowest BCUT2D eigenvalue weighted by molar-refractivity contribution is -0.0156. The summed E-state index contributed by atoms with van der Waals surface area (Å²) in [4.78, 5) is 8.69. The predicted molar refractivity (Wildman–Crippen MR) is 65.8 cm³/mol. The molecule has 1 atom stereocenters. The Balaban J connectivity index is 1.93. The molecule has 1 unspecified atom stereocenters. The van der Waals surface area contributed by atoms with Crippen LogP contribution in [0.15, 0.2) is 11.2 Å². The molecule has 0 radical (unpaired) electrons. The van der Waals surface area contributed by atoms with E-state index in [1.165, 1.54) is 6.20 Å². The zero-order valence-corrected chi connectivity index (χ0v) is 11.3. The van der Waals surface area contributed by atoms with Gasteiger partial charge in [-0.2, -0.15) is 0 Å². The molecule has 2 heterocycles. The van der Waals surface area contributed by atoms with E-state index in [2.05, 4.69) is 19.6 Å². The molecule has 1 aromatic heterocycles. The fourth-order valence-electron chi connectivity index (χ4n) is 1.81. The zero-order chi connectivity index (χ0) is 13.2. The third-order valence-electron chi connectivity index (χ3n) is 2.81. The topological polar surface area (TPSA) is 87.3 Å². The number of rotatable bonds is 4. The van der Waals surface area contributed by atoms with E-state index in [-0.39, 0.29) is 17.7 Å². The van der Waals surface area contributed by atoms with Gasteiger partial charge in [-0.1, -0.05) is 0 Å². The maximum absolute atomic E-state index is 11.9. The van der Waals surface area contributed by atoms with Gasteiger partial charge in [0.25, 0.3) is 10.0 Å². The highest BCUT2D eigenvalue weighted by Gasteiger charge is 2.22. The van der Waals surface area contributed by atoms with Crippen molar-refractivity contribution in [2.75, 3.05) is 33.3 Å². The fraction of sp³-hybridized carbons (Fsp3) is 0.700. The minimum absolute atomic E-state index is 0.0872. The van der Waals surface area contributed by atoms with Crippen molar-refractivity contribution in [1.82, 2.24) is 19.6 Å². The molecule has 0 amide bonds. The average Bonchev–Trinajstić information content (AvgIpc) is 2.74. The van der Waals surface area contributed by atoms with Gasteiger partial charge < -0.3 is 14.6 Å². The van der Waals surface area contributed by atoms with Crippen molar-refractivity contribution in [3.05, 3.63) is 12.0 Å². The highest BCUT2D eigenvalue weighted by molar-refractivity contribution is 7.89. The second-order valence-corrected chi connectivity index (χ2v) is 6.18. The van der Waals surface area contributed by atoms with Gasteiger partial charge in [0.15, 0.2) is 5.03 Å². The van der Waals surface area contributed by atoms with Crippen LogP contribution in [0.5, 0.6) is 0 Å². The van der Waals surface area contributed by atoms with Crippen LogP contribution in [0.2, 0.25) is 0 Å². The summed E-state index contributed by atoms with van der Waals surface area (Å²) in [5.74, 6) is 0.573. The normalized spacial score (nSPS) is 22.2. The van der Waals surface area contributed by atoms with E-state index in [9.17, 15) is 8.42 Å². The number of aromatic nitrogens is 2. The molecule has 1 aromatic rings. The number of likely N-dealkylation sites (N-methyl/N-ethyl adjacent to an activating group) is 1. The number of aromatic amines is 1. The second kappa shape index (κ2) is 5.35. The standard InChI is InChI=1S/C10H18N4O3S/c1-8-11-6-10(13-8)18(15,16)12-5-9-7-14(2)3-4-17-9/h6,9,12H,3-5,7H2,1-2H3,(H,11,13). The lowest BCUT2D eigenvalue weighted by atomic mass is 10.3. The van der Waals surface area contributed by atoms with Gasteiger partial charge in [0.1, 0.15) is 5.82 Å². The Labute approximate surface area is 107 Å². The summed E-state index contributed by atoms with van der Waals surface area (Å²) in [6.45, 7) is 4.21. The number of aryl methyl sites for hydroxylation is 1. The summed E-state index contributed by atoms with van der Waals surface area (Å²) >= 11 is 0. The monoisotopic (exact) mass is 274 g/mol. The SMILES string of the molecule is Cc1ncc(S(=O)(=O)NCC2CN(C)CCO2)[nH]1. The lowest BCUT2D eigenvalue weighted by Crippen LogP contribution is -2.45. The fourth-order valence-corrected chi connectivity index (χ4v) is 2.84. The van der Waals surface area contributed by atoms with Crippen molar-refractivity contribution < 1.29 is 13.2 Å². The number of nitrogens with one attached hydrogen (secondary N) is 2. The predicted octanol–water partition coefficient (Wildman–Crippen LogP) is -0.673. The van der Waals surface area contributed by atoms with E-state index in [1.54, 1.807) is 6.92 Å². The van der Waals surface area contributed by atoms with E-state index in [0.717, 1.165) is 13.1 Å². The molecule has 8 heteroatoms. The minimum atomic E-state index is -3.52. The molecule has 0 spiro atoms. The number of imidazole rings is 1.